The molecule has 1 aliphatic heterocycles. The van der Waals surface area contributed by atoms with E-state index in [4.69, 9.17) is 9.15 Å². The smallest absolute Gasteiger partial charge is 0.295 e. The Bertz CT molecular complexity index is 1570. The number of ether oxygens (including phenoxy) is 1. The molecule has 0 bridgehead atoms. The van der Waals surface area contributed by atoms with Crippen molar-refractivity contribution in [1.82, 2.24) is 0 Å². The average molecular weight is 510 g/mol. The van der Waals surface area contributed by atoms with E-state index in [2.05, 4.69) is 6.92 Å². The van der Waals surface area contributed by atoms with E-state index >= 15 is 0 Å². The van der Waals surface area contributed by atoms with Crippen molar-refractivity contribution in [3.05, 3.63) is 104 Å². The van der Waals surface area contributed by atoms with Gasteiger partial charge >= 0.3 is 0 Å². The number of unbranched alkanes of at least 4 members (excludes halogenated alkanes) is 3. The van der Waals surface area contributed by atoms with Gasteiger partial charge in [-0.15, -0.1) is 0 Å². The van der Waals surface area contributed by atoms with E-state index in [-0.39, 0.29) is 17.1 Å². The number of benzene rings is 3. The molecule has 0 saturated heterocycles. The largest absolute Gasteiger partial charge is 0.494 e. The zero-order valence-electron chi connectivity index (χ0n) is 22.9. The highest BCUT2D eigenvalue weighted by atomic mass is 16.5. The maximum absolute atomic E-state index is 13.9. The van der Waals surface area contributed by atoms with Crippen LogP contribution in [0.1, 0.15) is 82.6 Å². The third-order valence-corrected chi connectivity index (χ3v) is 7.72. The van der Waals surface area contributed by atoms with Crippen molar-refractivity contribution in [3.63, 3.8) is 0 Å². The van der Waals surface area contributed by atoms with Crippen LogP contribution in [0.5, 0.6) is 5.75 Å². The third-order valence-electron chi connectivity index (χ3n) is 7.72. The molecule has 1 atom stereocenters. The highest BCUT2D eigenvalue weighted by Crippen LogP contribution is 2.42. The van der Waals surface area contributed by atoms with Crippen LogP contribution in [0.2, 0.25) is 0 Å². The van der Waals surface area contributed by atoms with Crippen LogP contribution < -0.4 is 15.1 Å². The van der Waals surface area contributed by atoms with Crippen LogP contribution in [0.15, 0.2) is 63.8 Å². The second-order valence-electron chi connectivity index (χ2n) is 10.4. The quantitative estimate of drug-likeness (QED) is 0.228. The first-order chi connectivity index (χ1) is 18.3. The predicted molar refractivity (Wildman–Crippen MR) is 153 cm³/mol. The Hall–Kier alpha value is -3.86. The predicted octanol–water partition coefficient (Wildman–Crippen LogP) is 7.74. The number of anilines is 1. The van der Waals surface area contributed by atoms with Gasteiger partial charge < -0.3 is 9.15 Å². The van der Waals surface area contributed by atoms with E-state index in [9.17, 15) is 9.59 Å². The SMILES string of the molecule is CCCCCCOc1ccc(C2c3c(oc4cc(C)c(C)cc4c3=O)C(=O)N2c2ccc(C)c(C)c2)cc1. The van der Waals surface area contributed by atoms with Crippen molar-refractivity contribution >= 4 is 22.6 Å². The van der Waals surface area contributed by atoms with Crippen molar-refractivity contribution in [1.29, 1.82) is 0 Å². The summed E-state index contributed by atoms with van der Waals surface area (Å²) in [4.78, 5) is 29.5. The number of hydrogen-bond acceptors (Lipinski definition) is 4. The second-order valence-corrected chi connectivity index (χ2v) is 10.4. The Labute approximate surface area is 224 Å². The Morgan fingerprint density at radius 2 is 1.53 bits per heavy atom. The number of aryl methyl sites for hydroxylation is 4. The number of fused-ring (bicyclic) bond motifs is 2. The van der Waals surface area contributed by atoms with E-state index in [0.717, 1.165) is 52.1 Å². The maximum atomic E-state index is 13.9. The number of hydrogen-bond donors (Lipinski definition) is 0. The first-order valence-electron chi connectivity index (χ1n) is 13.5. The molecule has 1 unspecified atom stereocenters. The zero-order valence-corrected chi connectivity index (χ0v) is 22.9. The molecule has 0 aliphatic carbocycles. The monoisotopic (exact) mass is 509 g/mol. The molecular formula is C33H35NO4. The Balaban J connectivity index is 1.60. The lowest BCUT2D eigenvalue weighted by Crippen LogP contribution is -2.29. The lowest BCUT2D eigenvalue weighted by atomic mass is 9.97. The van der Waals surface area contributed by atoms with E-state index < -0.39 is 6.04 Å². The molecular weight excluding hydrogens is 474 g/mol. The summed E-state index contributed by atoms with van der Waals surface area (Å²) in [6.45, 7) is 10.9. The molecule has 3 aromatic carbocycles. The van der Waals surface area contributed by atoms with Crippen LogP contribution >= 0.6 is 0 Å². The molecule has 196 valence electrons. The minimum absolute atomic E-state index is 0.116. The summed E-state index contributed by atoms with van der Waals surface area (Å²) in [7, 11) is 0. The lowest BCUT2D eigenvalue weighted by Gasteiger charge is -2.26. The van der Waals surface area contributed by atoms with Crippen LogP contribution in [-0.4, -0.2) is 12.5 Å². The Morgan fingerprint density at radius 1 is 0.816 bits per heavy atom. The standard InChI is InChI=1S/C33H35NO4/c1-6-7-8-9-16-37-26-14-11-24(12-15-26)30-29-31(35)27-18-22(4)23(5)19-28(27)38-32(29)33(36)34(30)25-13-10-20(2)21(3)17-25/h10-15,17-19,30H,6-9,16H2,1-5H3. The fraction of sp³-hybridized carbons (Fsp3) is 0.333. The Morgan fingerprint density at radius 3 is 2.24 bits per heavy atom. The normalized spacial score (nSPS) is 14.8. The third kappa shape index (κ3) is 4.62. The summed E-state index contributed by atoms with van der Waals surface area (Å²) < 4.78 is 12.1. The van der Waals surface area contributed by atoms with Gasteiger partial charge in [-0.2, -0.15) is 0 Å². The van der Waals surface area contributed by atoms with Gasteiger partial charge in [-0.3, -0.25) is 14.5 Å². The summed E-state index contributed by atoms with van der Waals surface area (Å²) in [6, 6.07) is 16.8. The van der Waals surface area contributed by atoms with Gasteiger partial charge in [0.15, 0.2) is 5.43 Å². The van der Waals surface area contributed by atoms with Crippen molar-refractivity contribution < 1.29 is 13.9 Å². The molecule has 4 aromatic rings. The molecule has 1 aromatic heterocycles. The molecule has 0 fully saturated rings. The molecule has 0 saturated carbocycles. The molecule has 0 N–H and O–H groups in total. The number of amides is 1. The highest BCUT2D eigenvalue weighted by Gasteiger charge is 2.43. The summed E-state index contributed by atoms with van der Waals surface area (Å²) in [5.74, 6) is 0.594. The second kappa shape index (κ2) is 10.5. The highest BCUT2D eigenvalue weighted by molar-refractivity contribution is 6.10. The molecule has 5 rings (SSSR count). The minimum Gasteiger partial charge on any atom is -0.494 e. The van der Waals surface area contributed by atoms with Crippen molar-refractivity contribution in [2.45, 2.75) is 66.3 Å². The van der Waals surface area contributed by atoms with E-state index in [1.54, 1.807) is 4.90 Å². The van der Waals surface area contributed by atoms with Crippen molar-refractivity contribution in [3.8, 4) is 5.75 Å². The summed E-state index contributed by atoms with van der Waals surface area (Å²) in [5, 5.41) is 0.499. The lowest BCUT2D eigenvalue weighted by molar-refractivity contribution is 0.0971. The van der Waals surface area contributed by atoms with Crippen molar-refractivity contribution in [2.24, 2.45) is 0 Å². The van der Waals surface area contributed by atoms with Gasteiger partial charge in [0, 0.05) is 5.69 Å². The fourth-order valence-corrected chi connectivity index (χ4v) is 5.15. The molecule has 5 heteroatoms. The molecule has 2 heterocycles. The summed E-state index contributed by atoms with van der Waals surface area (Å²) in [5.41, 5.74) is 6.48. The first-order valence-corrected chi connectivity index (χ1v) is 13.5. The number of nitrogens with zero attached hydrogens (tertiary/aromatic N) is 1. The summed E-state index contributed by atoms with van der Waals surface area (Å²) >= 11 is 0. The Kier molecular flexibility index (Phi) is 7.11. The van der Waals surface area contributed by atoms with Gasteiger partial charge in [0.05, 0.1) is 23.6 Å². The molecule has 1 aliphatic rings. The topological polar surface area (TPSA) is 59.8 Å². The first kappa shape index (κ1) is 25.8. The maximum Gasteiger partial charge on any atom is 0.295 e. The minimum atomic E-state index is -0.597. The van der Waals surface area contributed by atoms with Crippen LogP contribution in [0.3, 0.4) is 0 Å². The fourth-order valence-electron chi connectivity index (χ4n) is 5.15. The van der Waals surface area contributed by atoms with Gasteiger partial charge in [0.1, 0.15) is 11.3 Å². The van der Waals surface area contributed by atoms with Gasteiger partial charge in [0.2, 0.25) is 5.76 Å². The molecule has 0 spiro atoms. The average Bonchev–Trinajstić information content (AvgIpc) is 3.19. The van der Waals surface area contributed by atoms with Gasteiger partial charge in [-0.25, -0.2) is 0 Å². The molecule has 5 nitrogen and oxygen atoms in total. The molecule has 1 amide bonds. The van der Waals surface area contributed by atoms with E-state index in [1.807, 2.05) is 82.3 Å². The van der Waals surface area contributed by atoms with Crippen LogP contribution in [0.25, 0.3) is 11.0 Å². The van der Waals surface area contributed by atoms with E-state index in [1.165, 1.54) is 12.8 Å². The van der Waals surface area contributed by atoms with Gasteiger partial charge in [-0.05, 0) is 98.3 Å². The number of rotatable bonds is 8. The summed E-state index contributed by atoms with van der Waals surface area (Å²) in [6.07, 6.45) is 4.58. The molecule has 0 radical (unpaired) electrons. The van der Waals surface area contributed by atoms with Crippen LogP contribution in [0.4, 0.5) is 5.69 Å². The van der Waals surface area contributed by atoms with Crippen LogP contribution in [0, 0.1) is 27.7 Å². The van der Waals surface area contributed by atoms with Crippen LogP contribution in [-0.2, 0) is 0 Å². The van der Waals surface area contributed by atoms with Crippen molar-refractivity contribution in [2.75, 3.05) is 11.5 Å². The molecule has 38 heavy (non-hydrogen) atoms. The van der Waals surface area contributed by atoms with E-state index in [0.29, 0.717) is 23.1 Å². The van der Waals surface area contributed by atoms with Gasteiger partial charge in [-0.1, -0.05) is 44.4 Å². The zero-order chi connectivity index (χ0) is 27.0. The van der Waals surface area contributed by atoms with Gasteiger partial charge in [0.25, 0.3) is 5.91 Å². The number of carbonyl (C=O) groups is 1. The number of carbonyl (C=O) groups excluding carboxylic acids is 1.